The van der Waals surface area contributed by atoms with Crippen LogP contribution < -0.4 is 15.8 Å². The summed E-state index contributed by atoms with van der Waals surface area (Å²) in [5, 5.41) is 5.43. The van der Waals surface area contributed by atoms with Crippen molar-refractivity contribution >= 4 is 55.7 Å². The predicted octanol–water partition coefficient (Wildman–Crippen LogP) is 7.87. The number of halogens is 5. The lowest BCUT2D eigenvalue weighted by Gasteiger charge is -2.32. The number of ether oxygens (including phenoxy) is 1. The molecule has 5 rings (SSSR count). The minimum absolute atomic E-state index is 0.174. The number of nitrogens with two attached hydrogens (primary N) is 1. The highest BCUT2D eigenvalue weighted by atomic mass is 35.5. The molecule has 14 heteroatoms. The van der Waals surface area contributed by atoms with Crippen molar-refractivity contribution in [1.29, 1.82) is 0 Å². The Labute approximate surface area is 287 Å². The number of alkyl halides is 3. The molecule has 4 aromatic rings. The fourth-order valence-corrected chi connectivity index (χ4v) is 7.08. The van der Waals surface area contributed by atoms with Gasteiger partial charge in [0.2, 0.25) is 11.8 Å². The Morgan fingerprint density at radius 2 is 1.50 bits per heavy atom. The number of primary amides is 1. The number of hydrogen-bond donors (Lipinski definition) is 2. The average molecular weight is 724 g/mol. The molecule has 256 valence electrons. The summed E-state index contributed by atoms with van der Waals surface area (Å²) in [5.74, 6) is -0.181. The van der Waals surface area contributed by atoms with E-state index in [1.54, 1.807) is 6.07 Å². The topological polar surface area (TPSA) is 115 Å². The SMILES string of the molecule is NC(=O)CCCCCOc1cc(NC2CCN(S(=O)(=O)C(F)(F)F)CC2)c2cc(C(c3ccc(Cl)cc3)c3ccc(Cl)cc3)ccc2n1. The molecular weight excluding hydrogens is 688 g/mol. The minimum Gasteiger partial charge on any atom is -0.478 e. The first kappa shape index (κ1) is 35.7. The van der Waals surface area contributed by atoms with E-state index in [4.69, 9.17) is 38.7 Å². The van der Waals surface area contributed by atoms with Crippen LogP contribution in [0.15, 0.2) is 72.8 Å². The number of rotatable bonds is 13. The van der Waals surface area contributed by atoms with Crippen LogP contribution in [0.25, 0.3) is 10.9 Å². The lowest BCUT2D eigenvalue weighted by atomic mass is 9.84. The van der Waals surface area contributed by atoms with Gasteiger partial charge in [-0.25, -0.2) is 13.4 Å². The summed E-state index contributed by atoms with van der Waals surface area (Å²) >= 11 is 12.4. The van der Waals surface area contributed by atoms with Crippen LogP contribution in [0, 0.1) is 0 Å². The van der Waals surface area contributed by atoms with E-state index in [0.29, 0.717) is 57.3 Å². The van der Waals surface area contributed by atoms with Gasteiger partial charge in [-0.1, -0.05) is 53.5 Å². The number of unbranched alkanes of at least 4 members (excludes halogenated alkanes) is 2. The number of amides is 1. The predicted molar refractivity (Wildman–Crippen MR) is 182 cm³/mol. The largest absolute Gasteiger partial charge is 0.511 e. The molecule has 1 fully saturated rings. The molecule has 1 aromatic heterocycles. The molecule has 0 atom stereocenters. The summed E-state index contributed by atoms with van der Waals surface area (Å²) in [6, 6.07) is 22.5. The number of sulfonamides is 1. The minimum atomic E-state index is -5.40. The molecule has 1 aliphatic rings. The number of piperidine rings is 1. The van der Waals surface area contributed by atoms with Crippen molar-refractivity contribution in [2.45, 2.75) is 56.0 Å². The fourth-order valence-electron chi connectivity index (χ4n) is 5.84. The van der Waals surface area contributed by atoms with Crippen LogP contribution >= 0.6 is 23.2 Å². The zero-order valence-corrected chi connectivity index (χ0v) is 28.2. The lowest BCUT2D eigenvalue weighted by Crippen LogP contribution is -2.47. The second-order valence-electron chi connectivity index (χ2n) is 11.7. The second kappa shape index (κ2) is 15.3. The van der Waals surface area contributed by atoms with Gasteiger partial charge in [-0.05, 0) is 85.2 Å². The van der Waals surface area contributed by atoms with Gasteiger partial charge in [0.05, 0.1) is 12.1 Å². The Morgan fingerprint density at radius 1 is 0.917 bits per heavy atom. The van der Waals surface area contributed by atoms with Gasteiger partial charge in [0.15, 0.2) is 0 Å². The summed E-state index contributed by atoms with van der Waals surface area (Å²) in [4.78, 5) is 15.8. The van der Waals surface area contributed by atoms with Gasteiger partial charge in [-0.3, -0.25) is 4.79 Å². The number of fused-ring (bicyclic) bond motifs is 1. The third-order valence-corrected chi connectivity index (χ3v) is 10.4. The molecule has 8 nitrogen and oxygen atoms in total. The van der Waals surface area contributed by atoms with E-state index in [9.17, 15) is 26.4 Å². The molecule has 0 radical (unpaired) electrons. The summed E-state index contributed by atoms with van der Waals surface area (Å²) in [5.41, 5.74) is 4.12. The van der Waals surface area contributed by atoms with Crippen molar-refractivity contribution in [3.63, 3.8) is 0 Å². The quantitative estimate of drug-likeness (QED) is 0.107. The van der Waals surface area contributed by atoms with Crippen molar-refractivity contribution in [2.24, 2.45) is 5.73 Å². The maximum absolute atomic E-state index is 13.2. The van der Waals surface area contributed by atoms with E-state index in [1.807, 2.05) is 66.7 Å². The monoisotopic (exact) mass is 722 g/mol. The first-order chi connectivity index (χ1) is 22.8. The van der Waals surface area contributed by atoms with Crippen molar-refractivity contribution in [3.05, 3.63) is 99.5 Å². The van der Waals surface area contributed by atoms with E-state index in [0.717, 1.165) is 28.5 Å². The van der Waals surface area contributed by atoms with E-state index < -0.39 is 15.5 Å². The first-order valence-corrected chi connectivity index (χ1v) is 17.7. The first-order valence-electron chi connectivity index (χ1n) is 15.5. The van der Waals surface area contributed by atoms with Gasteiger partial charge in [0.25, 0.3) is 0 Å². The van der Waals surface area contributed by atoms with Gasteiger partial charge in [-0.15, -0.1) is 0 Å². The number of hydrogen-bond acceptors (Lipinski definition) is 6. The molecule has 2 heterocycles. The van der Waals surface area contributed by atoms with Crippen molar-refractivity contribution in [1.82, 2.24) is 9.29 Å². The number of aromatic nitrogens is 1. The number of benzene rings is 3. The molecule has 0 aliphatic carbocycles. The van der Waals surface area contributed by atoms with E-state index in [2.05, 4.69) is 5.32 Å². The number of anilines is 1. The van der Waals surface area contributed by atoms with Gasteiger partial charge in [-0.2, -0.15) is 17.5 Å². The van der Waals surface area contributed by atoms with Crippen LogP contribution in [0.1, 0.15) is 61.1 Å². The van der Waals surface area contributed by atoms with Gasteiger partial charge < -0.3 is 15.8 Å². The van der Waals surface area contributed by atoms with Crippen LogP contribution in [0.2, 0.25) is 10.0 Å². The van der Waals surface area contributed by atoms with Crippen LogP contribution in [0.4, 0.5) is 18.9 Å². The van der Waals surface area contributed by atoms with Crippen molar-refractivity contribution in [2.75, 3.05) is 25.0 Å². The molecular formula is C34H35Cl2F3N4O4S. The lowest BCUT2D eigenvalue weighted by molar-refractivity contribution is -0.118. The van der Waals surface area contributed by atoms with Crippen molar-refractivity contribution in [3.8, 4) is 5.88 Å². The summed E-state index contributed by atoms with van der Waals surface area (Å²) in [6.07, 6.45) is 2.75. The highest BCUT2D eigenvalue weighted by Crippen LogP contribution is 2.38. The number of nitrogens with zero attached hydrogens (tertiary/aromatic N) is 2. The molecule has 1 aliphatic heterocycles. The van der Waals surface area contributed by atoms with Crippen LogP contribution in [-0.2, 0) is 14.8 Å². The normalized spacial score (nSPS) is 14.8. The summed E-state index contributed by atoms with van der Waals surface area (Å²) in [7, 11) is -5.40. The maximum atomic E-state index is 13.2. The molecule has 0 spiro atoms. The molecule has 3 aromatic carbocycles. The molecule has 0 bridgehead atoms. The summed E-state index contributed by atoms with van der Waals surface area (Å²) < 4.78 is 70.0. The highest BCUT2D eigenvalue weighted by Gasteiger charge is 2.50. The van der Waals surface area contributed by atoms with Gasteiger partial charge in [0.1, 0.15) is 0 Å². The van der Waals surface area contributed by atoms with E-state index in [1.165, 1.54) is 0 Å². The molecule has 3 N–H and O–H groups in total. The Kier molecular flexibility index (Phi) is 11.4. The highest BCUT2D eigenvalue weighted by molar-refractivity contribution is 7.90. The number of carbonyl (C=O) groups is 1. The molecule has 0 unspecified atom stereocenters. The fraction of sp³-hybridized carbons (Fsp3) is 0.353. The summed E-state index contributed by atoms with van der Waals surface area (Å²) in [6.45, 7) is -0.174. The Bertz CT molecular complexity index is 1790. The Balaban J connectivity index is 1.47. The van der Waals surface area contributed by atoms with E-state index >= 15 is 0 Å². The van der Waals surface area contributed by atoms with E-state index in [-0.39, 0.29) is 43.8 Å². The standard InChI is InChI=1S/C34H35Cl2F3N4O4S/c35-25-10-5-22(6-11-25)33(23-7-12-26(36)13-8-23)24-9-14-29-28(20-24)30(21-32(42-29)47-19-3-1-2-4-31(40)44)41-27-15-17-43(18-16-27)48(45,46)34(37,38)39/h5-14,20-21,27,33H,1-4,15-19H2,(H2,40,44)(H,41,42). The third-order valence-electron chi connectivity index (χ3n) is 8.31. The molecule has 48 heavy (non-hydrogen) atoms. The van der Waals surface area contributed by atoms with Gasteiger partial charge in [0, 0.05) is 58.7 Å². The number of nitrogens with one attached hydrogen (secondary N) is 1. The molecule has 1 saturated heterocycles. The zero-order chi connectivity index (χ0) is 34.5. The van der Waals surface area contributed by atoms with Gasteiger partial charge >= 0.3 is 15.5 Å². The van der Waals surface area contributed by atoms with Crippen LogP contribution in [-0.4, -0.2) is 54.9 Å². The second-order valence-corrected chi connectivity index (χ2v) is 14.5. The zero-order valence-electron chi connectivity index (χ0n) is 25.8. The number of pyridine rings is 1. The molecule has 0 saturated carbocycles. The van der Waals surface area contributed by atoms with Crippen molar-refractivity contribution < 1.29 is 31.1 Å². The number of carbonyl (C=O) groups excluding carboxylic acids is 1. The maximum Gasteiger partial charge on any atom is 0.511 e. The smallest absolute Gasteiger partial charge is 0.478 e. The Hall–Kier alpha value is -3.58. The average Bonchev–Trinajstić information content (AvgIpc) is 3.04. The molecule has 1 amide bonds. The van der Waals surface area contributed by atoms with Crippen LogP contribution in [0.3, 0.4) is 0 Å². The Morgan fingerprint density at radius 3 is 2.06 bits per heavy atom. The third kappa shape index (κ3) is 8.71. The van der Waals surface area contributed by atoms with Crippen LogP contribution in [0.5, 0.6) is 5.88 Å².